The number of carbonyl (C=O) groups is 7. The van der Waals surface area contributed by atoms with E-state index in [1.54, 1.807) is 115 Å². The van der Waals surface area contributed by atoms with Crippen LogP contribution in [0.25, 0.3) is 0 Å². The summed E-state index contributed by atoms with van der Waals surface area (Å²) in [5.41, 5.74) is 2.62. The first-order valence-electron chi connectivity index (χ1n) is 20.8. The molecule has 8 N–H and O–H groups in total. The summed E-state index contributed by atoms with van der Waals surface area (Å²) in [7, 11) is 0. The molecule has 0 saturated carbocycles. The number of halogens is 1. The molecule has 0 saturated heterocycles. The highest BCUT2D eigenvalue weighted by molar-refractivity contribution is 9.10. The SMILES string of the molecule is O=C(N[C@@H](Cc1ccccc1)C(=O)O)[C@@H]1CC(=O)[C@H](Cc2ccccc2)NC(=O)[C@@H](Cc2ccc(Br)cc2)NC(=O)[C@H](Cc2cccs2)NC(=O)[C@H](O)[C@@H](O)C(=O)Nc2ccc(cc2)C1. The van der Waals surface area contributed by atoms with Gasteiger partial charge in [-0.1, -0.05) is 107 Å². The van der Waals surface area contributed by atoms with Gasteiger partial charge in [-0.3, -0.25) is 28.8 Å². The summed E-state index contributed by atoms with van der Waals surface area (Å²) in [5.74, 6) is -7.69. The summed E-state index contributed by atoms with van der Waals surface area (Å²) < 4.78 is 0.757. The Bertz CT molecular complexity index is 2440. The van der Waals surface area contributed by atoms with Crippen LogP contribution in [0, 0.1) is 5.92 Å². The molecular weight excluding hydrogens is 919 g/mol. The Morgan fingerprint density at radius 1 is 0.631 bits per heavy atom. The lowest BCUT2D eigenvalue weighted by molar-refractivity contribution is -0.144. The number of Topliss-reactive ketones (excluding diaryl/α,β-unsaturated/α-hetero) is 1. The first-order chi connectivity index (χ1) is 31.2. The minimum absolute atomic E-state index is 0.00384. The third-order valence-electron chi connectivity index (χ3n) is 10.8. The van der Waals surface area contributed by atoms with Crippen LogP contribution >= 0.6 is 27.3 Å². The van der Waals surface area contributed by atoms with Gasteiger partial charge in [-0.2, -0.15) is 0 Å². The maximum absolute atomic E-state index is 14.6. The fraction of sp³-hybridized carbons (Fsp3) is 0.271. The van der Waals surface area contributed by atoms with Crippen molar-refractivity contribution in [1.82, 2.24) is 21.3 Å². The van der Waals surface area contributed by atoms with Crippen LogP contribution in [0.15, 0.2) is 131 Å². The van der Waals surface area contributed by atoms with Crippen LogP contribution in [0.3, 0.4) is 0 Å². The summed E-state index contributed by atoms with van der Waals surface area (Å²) in [6.07, 6.45) is -5.31. The standard InChI is InChI=1S/C48H48BrN5O10S/c49-33-17-13-31(14-18-33)24-37-44(59)51-36(23-28-8-3-1-4-9-28)40(55)26-32(43(58)54-39(48(63)64)25-29-10-5-2-6-11-29)22-30-15-19-34(20-16-30)50-46(61)41(56)42(57)47(62)53-38(45(60)52-37)27-35-12-7-21-65-35/h1-21,32,36-39,41-42,56-57H,22-27H2,(H,50,61)(H,51,59)(H,52,60)(H,53,62)(H,54,58)(H,63,64)/t32-,36-,37+,38-,39-,41+,42+/m0/s1. The number of carbonyl (C=O) groups excluding carboxylic acids is 6. The van der Waals surface area contributed by atoms with Gasteiger partial charge in [0.2, 0.25) is 17.7 Å². The van der Waals surface area contributed by atoms with Crippen LogP contribution < -0.4 is 26.6 Å². The first-order valence-corrected chi connectivity index (χ1v) is 22.5. The van der Waals surface area contributed by atoms with E-state index in [0.29, 0.717) is 27.1 Å². The van der Waals surface area contributed by atoms with E-state index in [0.717, 1.165) is 4.47 Å². The number of carboxylic acid groups (broad SMARTS) is 1. The van der Waals surface area contributed by atoms with E-state index in [1.165, 1.54) is 23.5 Å². The van der Waals surface area contributed by atoms with Crippen molar-refractivity contribution in [3.05, 3.63) is 158 Å². The minimum atomic E-state index is -2.32. The molecule has 0 fully saturated rings. The number of thiophene rings is 1. The number of ketones is 1. The van der Waals surface area contributed by atoms with Crippen LogP contribution in [-0.4, -0.2) is 93.0 Å². The average Bonchev–Trinajstić information content (AvgIpc) is 3.82. The molecule has 17 heteroatoms. The second kappa shape index (κ2) is 22.9. The number of nitrogens with one attached hydrogen (secondary N) is 5. The van der Waals surface area contributed by atoms with E-state index in [1.807, 2.05) is 0 Å². The van der Waals surface area contributed by atoms with Crippen LogP contribution in [0.1, 0.15) is 33.6 Å². The third-order valence-corrected chi connectivity index (χ3v) is 12.3. The van der Waals surface area contributed by atoms with Crippen molar-refractivity contribution in [3.63, 3.8) is 0 Å². The van der Waals surface area contributed by atoms with E-state index >= 15 is 0 Å². The van der Waals surface area contributed by atoms with E-state index in [-0.39, 0.29) is 37.8 Å². The predicted octanol–water partition coefficient (Wildman–Crippen LogP) is 3.30. The van der Waals surface area contributed by atoms with E-state index < -0.39 is 90.0 Å². The lowest BCUT2D eigenvalue weighted by Crippen LogP contribution is -2.59. The Balaban J connectivity index is 1.38. The lowest BCUT2D eigenvalue weighted by atomic mass is 9.89. The Kier molecular flexibility index (Phi) is 16.9. The van der Waals surface area contributed by atoms with Gasteiger partial charge in [0.1, 0.15) is 18.1 Å². The first kappa shape index (κ1) is 47.9. The lowest BCUT2D eigenvalue weighted by Gasteiger charge is -2.27. The second-order valence-electron chi connectivity index (χ2n) is 15.7. The van der Waals surface area contributed by atoms with Crippen LogP contribution in [0.5, 0.6) is 0 Å². The fourth-order valence-corrected chi connectivity index (χ4v) is 8.31. The van der Waals surface area contributed by atoms with Crippen LogP contribution in [0.2, 0.25) is 0 Å². The maximum atomic E-state index is 14.6. The smallest absolute Gasteiger partial charge is 0.326 e. The molecule has 15 nitrogen and oxygen atoms in total. The highest BCUT2D eigenvalue weighted by Crippen LogP contribution is 2.21. The van der Waals surface area contributed by atoms with Gasteiger partial charge in [-0.05, 0) is 70.8 Å². The predicted molar refractivity (Wildman–Crippen MR) is 245 cm³/mol. The summed E-state index contributed by atoms with van der Waals surface area (Å²) in [6, 6.07) is 28.7. The molecule has 3 heterocycles. The van der Waals surface area contributed by atoms with Crippen molar-refractivity contribution in [1.29, 1.82) is 0 Å². The van der Waals surface area contributed by atoms with Crippen molar-refractivity contribution in [2.24, 2.45) is 5.92 Å². The number of carboxylic acids is 1. The largest absolute Gasteiger partial charge is 0.480 e. The van der Waals surface area contributed by atoms with Gasteiger partial charge in [0.05, 0.1) is 6.04 Å². The van der Waals surface area contributed by atoms with Gasteiger partial charge in [-0.15, -0.1) is 11.3 Å². The molecule has 7 rings (SSSR count). The average molecular weight is 967 g/mol. The molecule has 0 radical (unpaired) electrons. The van der Waals surface area contributed by atoms with E-state index in [4.69, 9.17) is 0 Å². The fourth-order valence-electron chi connectivity index (χ4n) is 7.30. The zero-order valence-corrected chi connectivity index (χ0v) is 37.3. The van der Waals surface area contributed by atoms with Crippen molar-refractivity contribution in [2.45, 2.75) is 74.9 Å². The number of benzene rings is 4. The Labute approximate surface area is 387 Å². The number of aliphatic hydroxyl groups is 2. The Hall–Kier alpha value is -6.53. The molecule has 2 bridgehead atoms. The van der Waals surface area contributed by atoms with E-state index in [2.05, 4.69) is 42.5 Å². The Morgan fingerprint density at radius 3 is 1.80 bits per heavy atom. The van der Waals surface area contributed by atoms with Crippen molar-refractivity contribution >= 4 is 74.2 Å². The quantitative estimate of drug-likeness (QED) is 0.0899. The van der Waals surface area contributed by atoms with E-state index in [9.17, 15) is 48.9 Å². The molecule has 1 aromatic heterocycles. The number of amides is 5. The normalized spacial score (nSPS) is 21.7. The molecule has 0 unspecified atom stereocenters. The van der Waals surface area contributed by atoms with Crippen LogP contribution in [0.4, 0.5) is 5.69 Å². The number of anilines is 1. The number of rotatable bonds is 11. The summed E-state index contributed by atoms with van der Waals surface area (Å²) >= 11 is 4.69. The summed E-state index contributed by atoms with van der Waals surface area (Å²) in [5, 5.41) is 46.7. The topological polar surface area (TPSA) is 240 Å². The van der Waals surface area contributed by atoms with Crippen LogP contribution in [-0.2, 0) is 65.7 Å². The highest BCUT2D eigenvalue weighted by atomic mass is 79.9. The number of aliphatic carboxylic acids is 1. The number of aliphatic hydroxyl groups excluding tert-OH is 2. The maximum Gasteiger partial charge on any atom is 0.326 e. The molecule has 65 heavy (non-hydrogen) atoms. The van der Waals surface area contributed by atoms with Crippen molar-refractivity contribution in [2.75, 3.05) is 5.32 Å². The molecule has 338 valence electrons. The third kappa shape index (κ3) is 14.0. The Morgan fingerprint density at radius 2 is 1.18 bits per heavy atom. The molecule has 7 atom stereocenters. The highest BCUT2D eigenvalue weighted by Gasteiger charge is 2.36. The number of fused-ring (bicyclic) bond motifs is 18. The van der Waals surface area contributed by atoms with Gasteiger partial charge >= 0.3 is 5.97 Å². The summed E-state index contributed by atoms with van der Waals surface area (Å²) in [4.78, 5) is 97.3. The molecular formula is C48H48BrN5O10S. The number of hydrogen-bond donors (Lipinski definition) is 8. The zero-order valence-electron chi connectivity index (χ0n) is 34.9. The van der Waals surface area contributed by atoms with Gasteiger partial charge in [0.15, 0.2) is 18.0 Å². The molecule has 2 aliphatic heterocycles. The summed E-state index contributed by atoms with van der Waals surface area (Å²) in [6.45, 7) is 0. The van der Waals surface area contributed by atoms with Gasteiger partial charge in [0.25, 0.3) is 11.8 Å². The molecule has 4 aromatic carbocycles. The van der Waals surface area contributed by atoms with Gasteiger partial charge < -0.3 is 41.9 Å². The van der Waals surface area contributed by atoms with Crippen molar-refractivity contribution < 1.29 is 48.9 Å². The van der Waals surface area contributed by atoms with Gasteiger partial charge in [0, 0.05) is 46.6 Å². The second-order valence-corrected chi connectivity index (χ2v) is 17.7. The molecule has 0 aliphatic carbocycles. The van der Waals surface area contributed by atoms with Gasteiger partial charge in [-0.25, -0.2) is 4.79 Å². The zero-order chi connectivity index (χ0) is 46.5. The molecule has 5 amide bonds. The molecule has 5 aromatic rings. The monoisotopic (exact) mass is 965 g/mol. The molecule has 2 aliphatic rings. The van der Waals surface area contributed by atoms with Crippen molar-refractivity contribution in [3.8, 4) is 0 Å². The number of hydrogen-bond acceptors (Lipinski definition) is 10. The minimum Gasteiger partial charge on any atom is -0.480 e. The molecule has 0 spiro atoms.